The number of aryl methyl sites for hydroxylation is 1. The Balaban J connectivity index is 0.00000180. The first-order chi connectivity index (χ1) is 8.69. The highest BCUT2D eigenvalue weighted by atomic mass is 35.5. The quantitative estimate of drug-likeness (QED) is 0.843. The first kappa shape index (κ1) is 15.8. The monoisotopic (exact) mass is 284 g/mol. The van der Waals surface area contributed by atoms with Crippen LogP contribution < -0.4 is 15.4 Å². The van der Waals surface area contributed by atoms with E-state index in [4.69, 9.17) is 4.74 Å². The maximum absolute atomic E-state index is 11.7. The van der Waals surface area contributed by atoms with Gasteiger partial charge in [0, 0.05) is 5.69 Å². The van der Waals surface area contributed by atoms with Crippen molar-refractivity contribution in [3.63, 3.8) is 0 Å². The Morgan fingerprint density at radius 2 is 2.16 bits per heavy atom. The third-order valence-electron chi connectivity index (χ3n) is 3.12. The number of carbonyl (C=O) groups is 1. The molecular weight excluding hydrogens is 264 g/mol. The summed E-state index contributed by atoms with van der Waals surface area (Å²) in [6.07, 6.45) is 2.60. The minimum atomic E-state index is 0. The van der Waals surface area contributed by atoms with Crippen LogP contribution in [0.5, 0.6) is 5.75 Å². The fourth-order valence-corrected chi connectivity index (χ4v) is 1.81. The van der Waals surface area contributed by atoms with Gasteiger partial charge in [0.2, 0.25) is 5.91 Å². The van der Waals surface area contributed by atoms with Gasteiger partial charge in [0.15, 0.2) is 0 Å². The van der Waals surface area contributed by atoms with E-state index in [1.165, 1.54) is 12.8 Å². The fraction of sp³-hybridized carbons (Fsp3) is 0.500. The Labute approximate surface area is 120 Å². The first-order valence-corrected chi connectivity index (χ1v) is 6.34. The molecule has 1 saturated carbocycles. The van der Waals surface area contributed by atoms with Crippen LogP contribution in [0.1, 0.15) is 18.4 Å². The van der Waals surface area contributed by atoms with E-state index in [9.17, 15) is 4.79 Å². The molecule has 1 aliphatic rings. The van der Waals surface area contributed by atoms with E-state index in [1.54, 1.807) is 7.11 Å². The summed E-state index contributed by atoms with van der Waals surface area (Å²) in [5, 5.41) is 6.07. The van der Waals surface area contributed by atoms with E-state index in [2.05, 4.69) is 10.6 Å². The predicted molar refractivity (Wildman–Crippen MR) is 79.2 cm³/mol. The molecule has 2 rings (SSSR count). The number of nitrogens with one attached hydrogen (secondary N) is 2. The van der Waals surface area contributed by atoms with Crippen molar-refractivity contribution in [3.05, 3.63) is 23.8 Å². The zero-order valence-corrected chi connectivity index (χ0v) is 12.2. The van der Waals surface area contributed by atoms with Crippen LogP contribution >= 0.6 is 12.4 Å². The SMILES string of the molecule is COc1ccc(NC(=O)CNCC2CC2)c(C)c1.Cl. The summed E-state index contributed by atoms with van der Waals surface area (Å²) in [7, 11) is 1.63. The molecule has 1 aromatic rings. The average Bonchev–Trinajstić information content (AvgIpc) is 3.16. The maximum atomic E-state index is 11.7. The van der Waals surface area contributed by atoms with E-state index < -0.39 is 0 Å². The highest BCUT2D eigenvalue weighted by Crippen LogP contribution is 2.27. The number of methoxy groups -OCH3 is 1. The van der Waals surface area contributed by atoms with Gasteiger partial charge in [-0.3, -0.25) is 4.79 Å². The van der Waals surface area contributed by atoms with Crippen LogP contribution in [0.15, 0.2) is 18.2 Å². The molecule has 106 valence electrons. The van der Waals surface area contributed by atoms with Crippen molar-refractivity contribution in [1.29, 1.82) is 0 Å². The van der Waals surface area contributed by atoms with Gasteiger partial charge in [-0.15, -0.1) is 12.4 Å². The number of ether oxygens (including phenoxy) is 1. The van der Waals surface area contributed by atoms with Gasteiger partial charge in [0.1, 0.15) is 5.75 Å². The van der Waals surface area contributed by atoms with Crippen LogP contribution in [0.25, 0.3) is 0 Å². The molecule has 0 aliphatic heterocycles. The minimum absolute atomic E-state index is 0. The van der Waals surface area contributed by atoms with E-state index in [0.29, 0.717) is 6.54 Å². The molecule has 2 N–H and O–H groups in total. The number of anilines is 1. The van der Waals surface area contributed by atoms with Crippen molar-refractivity contribution in [3.8, 4) is 5.75 Å². The van der Waals surface area contributed by atoms with E-state index in [0.717, 1.165) is 29.5 Å². The van der Waals surface area contributed by atoms with Gasteiger partial charge in [-0.2, -0.15) is 0 Å². The number of rotatable bonds is 6. The van der Waals surface area contributed by atoms with Crippen molar-refractivity contribution >= 4 is 24.0 Å². The van der Waals surface area contributed by atoms with Crippen molar-refractivity contribution in [1.82, 2.24) is 5.32 Å². The summed E-state index contributed by atoms with van der Waals surface area (Å²) in [4.78, 5) is 11.7. The summed E-state index contributed by atoms with van der Waals surface area (Å²) in [6.45, 7) is 3.28. The Bertz CT molecular complexity index is 433. The number of hydrogen-bond acceptors (Lipinski definition) is 3. The lowest BCUT2D eigenvalue weighted by Crippen LogP contribution is -2.29. The van der Waals surface area contributed by atoms with Crippen molar-refractivity contribution in [2.45, 2.75) is 19.8 Å². The molecule has 1 fully saturated rings. The molecule has 1 amide bonds. The molecule has 1 aromatic carbocycles. The molecule has 0 heterocycles. The Hall–Kier alpha value is -1.26. The van der Waals surface area contributed by atoms with Crippen LogP contribution in [0.2, 0.25) is 0 Å². The Kier molecular flexibility index (Phi) is 6.12. The highest BCUT2D eigenvalue weighted by molar-refractivity contribution is 5.93. The zero-order valence-electron chi connectivity index (χ0n) is 11.4. The second-order valence-electron chi connectivity index (χ2n) is 4.80. The summed E-state index contributed by atoms with van der Waals surface area (Å²) in [5.41, 5.74) is 1.85. The van der Waals surface area contributed by atoms with Gasteiger partial charge in [0.05, 0.1) is 13.7 Å². The molecule has 19 heavy (non-hydrogen) atoms. The Morgan fingerprint density at radius 3 is 2.74 bits per heavy atom. The second-order valence-corrected chi connectivity index (χ2v) is 4.80. The summed E-state index contributed by atoms with van der Waals surface area (Å²) >= 11 is 0. The normalized spacial score (nSPS) is 13.6. The van der Waals surface area contributed by atoms with Crippen LogP contribution in [-0.4, -0.2) is 26.1 Å². The van der Waals surface area contributed by atoms with Crippen molar-refractivity contribution in [2.24, 2.45) is 5.92 Å². The molecule has 0 atom stereocenters. The van der Waals surface area contributed by atoms with Gasteiger partial charge >= 0.3 is 0 Å². The maximum Gasteiger partial charge on any atom is 0.238 e. The lowest BCUT2D eigenvalue weighted by Gasteiger charge is -2.10. The zero-order chi connectivity index (χ0) is 13.0. The Morgan fingerprint density at radius 1 is 1.42 bits per heavy atom. The van der Waals surface area contributed by atoms with Gasteiger partial charge in [-0.25, -0.2) is 0 Å². The van der Waals surface area contributed by atoms with Crippen molar-refractivity contribution < 1.29 is 9.53 Å². The average molecular weight is 285 g/mol. The van der Waals surface area contributed by atoms with E-state index in [-0.39, 0.29) is 18.3 Å². The van der Waals surface area contributed by atoms with Gasteiger partial charge in [0.25, 0.3) is 0 Å². The lowest BCUT2D eigenvalue weighted by atomic mass is 10.2. The highest BCUT2D eigenvalue weighted by Gasteiger charge is 2.20. The minimum Gasteiger partial charge on any atom is -0.497 e. The smallest absolute Gasteiger partial charge is 0.238 e. The summed E-state index contributed by atoms with van der Waals surface area (Å²) in [6, 6.07) is 5.63. The number of amides is 1. The standard InChI is InChI=1S/C14H20N2O2.ClH/c1-10-7-12(18-2)5-6-13(10)16-14(17)9-15-8-11-3-4-11;/h5-7,11,15H,3-4,8-9H2,1-2H3,(H,16,17);1H. The number of benzene rings is 1. The predicted octanol–water partition coefficient (Wildman–Crippen LogP) is 2.36. The number of carbonyl (C=O) groups excluding carboxylic acids is 1. The molecule has 0 saturated heterocycles. The molecule has 0 radical (unpaired) electrons. The van der Waals surface area contributed by atoms with Gasteiger partial charge in [-0.1, -0.05) is 0 Å². The van der Waals surface area contributed by atoms with Gasteiger partial charge < -0.3 is 15.4 Å². The molecule has 0 spiro atoms. The van der Waals surface area contributed by atoms with Crippen LogP contribution in [0.3, 0.4) is 0 Å². The van der Waals surface area contributed by atoms with Crippen molar-refractivity contribution in [2.75, 3.05) is 25.5 Å². The van der Waals surface area contributed by atoms with E-state index >= 15 is 0 Å². The third-order valence-corrected chi connectivity index (χ3v) is 3.12. The second kappa shape index (κ2) is 7.36. The molecule has 4 nitrogen and oxygen atoms in total. The molecule has 0 aromatic heterocycles. The first-order valence-electron chi connectivity index (χ1n) is 6.34. The van der Waals surface area contributed by atoms with E-state index in [1.807, 2.05) is 25.1 Å². The number of halogens is 1. The molecule has 1 aliphatic carbocycles. The molecule has 0 unspecified atom stereocenters. The third kappa shape index (κ3) is 5.09. The lowest BCUT2D eigenvalue weighted by molar-refractivity contribution is -0.115. The molecular formula is C14H21ClN2O2. The molecule has 0 bridgehead atoms. The summed E-state index contributed by atoms with van der Waals surface area (Å²) < 4.78 is 5.13. The van der Waals surface area contributed by atoms with Crippen LogP contribution in [0.4, 0.5) is 5.69 Å². The summed E-state index contributed by atoms with van der Waals surface area (Å²) in [5.74, 6) is 1.60. The van der Waals surface area contributed by atoms with Crippen LogP contribution in [-0.2, 0) is 4.79 Å². The topological polar surface area (TPSA) is 50.4 Å². The number of hydrogen-bond donors (Lipinski definition) is 2. The molecule has 5 heteroatoms. The van der Waals surface area contributed by atoms with Gasteiger partial charge in [-0.05, 0) is 56.0 Å². The largest absolute Gasteiger partial charge is 0.497 e. The van der Waals surface area contributed by atoms with Crippen LogP contribution in [0, 0.1) is 12.8 Å². The fourth-order valence-electron chi connectivity index (χ4n) is 1.81.